The van der Waals surface area contributed by atoms with E-state index in [1.165, 1.54) is 6.20 Å². The van der Waals surface area contributed by atoms with Gasteiger partial charge >= 0.3 is 6.01 Å². The zero-order valence-electron chi connectivity index (χ0n) is 15.0. The van der Waals surface area contributed by atoms with Crippen molar-refractivity contribution in [2.75, 3.05) is 5.32 Å². The summed E-state index contributed by atoms with van der Waals surface area (Å²) in [7, 11) is 0. The predicted octanol–water partition coefficient (Wildman–Crippen LogP) is 3.63. The molecule has 1 aliphatic carbocycles. The molecule has 28 heavy (non-hydrogen) atoms. The number of anilines is 1. The molecular formula is C19H17ClN6O2. The van der Waals surface area contributed by atoms with Crippen molar-refractivity contribution in [3.05, 3.63) is 51.9 Å². The molecule has 8 nitrogen and oxygen atoms in total. The number of fused-ring (bicyclic) bond motifs is 1. The molecule has 0 saturated heterocycles. The number of hydrogen-bond acceptors (Lipinski definition) is 7. The van der Waals surface area contributed by atoms with Gasteiger partial charge in [0, 0.05) is 17.7 Å². The number of carbonyl (C=O) groups is 1. The van der Waals surface area contributed by atoms with E-state index in [-0.39, 0.29) is 5.78 Å². The number of para-hydroxylation sites is 1. The molecule has 1 aliphatic heterocycles. The maximum atomic E-state index is 12.6. The van der Waals surface area contributed by atoms with Crippen LogP contribution in [0.25, 0.3) is 11.1 Å². The normalized spacial score (nSPS) is 19.4. The summed E-state index contributed by atoms with van der Waals surface area (Å²) in [5.41, 5.74) is 4.59. The van der Waals surface area contributed by atoms with Crippen molar-refractivity contribution < 1.29 is 9.21 Å². The van der Waals surface area contributed by atoms with E-state index >= 15 is 0 Å². The largest absolute Gasteiger partial charge is 0.423 e. The molecule has 3 heterocycles. The Morgan fingerprint density at radius 1 is 1.32 bits per heavy atom. The minimum atomic E-state index is -0.548. The second kappa shape index (κ2) is 6.49. The van der Waals surface area contributed by atoms with Crippen LogP contribution in [0.1, 0.15) is 36.6 Å². The third-order valence-electron chi connectivity index (χ3n) is 5.00. The number of halogens is 1. The fourth-order valence-electron chi connectivity index (χ4n) is 3.67. The fraction of sp³-hybridized carbons (Fsp3) is 0.263. The number of Topliss-reactive ketones (excluding diaryl/α,β-unsaturated/α-hetero) is 1. The van der Waals surface area contributed by atoms with Gasteiger partial charge < -0.3 is 9.73 Å². The number of aromatic nitrogens is 3. The van der Waals surface area contributed by atoms with Crippen LogP contribution in [0.2, 0.25) is 5.02 Å². The van der Waals surface area contributed by atoms with Crippen molar-refractivity contribution in [1.82, 2.24) is 20.5 Å². The molecule has 1 aromatic carbocycles. The van der Waals surface area contributed by atoms with Crippen LogP contribution in [0, 0.1) is 6.92 Å². The highest BCUT2D eigenvalue weighted by atomic mass is 35.5. The summed E-state index contributed by atoms with van der Waals surface area (Å²) < 4.78 is 5.79. The Hall–Kier alpha value is -3.13. The number of aliphatic imine (C=N–C) groups is 1. The lowest BCUT2D eigenvalue weighted by molar-refractivity contribution is -0.116. The minimum absolute atomic E-state index is 0.0738. The van der Waals surface area contributed by atoms with Gasteiger partial charge in [-0.3, -0.25) is 15.2 Å². The van der Waals surface area contributed by atoms with Crippen molar-refractivity contribution in [3.63, 3.8) is 0 Å². The predicted molar refractivity (Wildman–Crippen MR) is 105 cm³/mol. The first-order chi connectivity index (χ1) is 13.6. The molecule has 0 fully saturated rings. The fourth-order valence-corrected chi connectivity index (χ4v) is 3.86. The lowest BCUT2D eigenvalue weighted by Gasteiger charge is -2.29. The summed E-state index contributed by atoms with van der Waals surface area (Å²) in [6, 6.07) is 5.55. The van der Waals surface area contributed by atoms with Gasteiger partial charge in [0.2, 0.25) is 5.96 Å². The molecule has 0 bridgehead atoms. The highest BCUT2D eigenvalue weighted by Crippen LogP contribution is 2.38. The Morgan fingerprint density at radius 3 is 3.00 bits per heavy atom. The Bertz CT molecular complexity index is 1160. The number of guanidine groups is 1. The van der Waals surface area contributed by atoms with Crippen LogP contribution in [0.15, 0.2) is 45.1 Å². The van der Waals surface area contributed by atoms with Gasteiger partial charge in [-0.1, -0.05) is 23.7 Å². The van der Waals surface area contributed by atoms with E-state index in [9.17, 15) is 4.79 Å². The molecule has 142 valence electrons. The molecule has 2 aliphatic rings. The molecule has 0 radical (unpaired) electrons. The van der Waals surface area contributed by atoms with E-state index < -0.39 is 6.04 Å². The quantitative estimate of drug-likeness (QED) is 0.610. The van der Waals surface area contributed by atoms with Gasteiger partial charge in [0.15, 0.2) is 11.4 Å². The van der Waals surface area contributed by atoms with Crippen molar-refractivity contribution in [2.45, 2.75) is 32.2 Å². The van der Waals surface area contributed by atoms with E-state index in [0.717, 1.165) is 29.6 Å². The van der Waals surface area contributed by atoms with Gasteiger partial charge in [-0.05, 0) is 31.4 Å². The first-order valence-corrected chi connectivity index (χ1v) is 9.41. The number of allylic oxidation sites excluding steroid dienone is 1. The smallest absolute Gasteiger partial charge is 0.302 e. The molecule has 1 atom stereocenters. The highest BCUT2D eigenvalue weighted by molar-refractivity contribution is 6.31. The van der Waals surface area contributed by atoms with Gasteiger partial charge in [-0.2, -0.15) is 10.1 Å². The minimum Gasteiger partial charge on any atom is -0.423 e. The number of oxazole rings is 1. The number of hydrogen-bond donors (Lipinski definition) is 3. The molecule has 0 amide bonds. The van der Waals surface area contributed by atoms with Gasteiger partial charge in [-0.15, -0.1) is 0 Å². The Labute approximate surface area is 165 Å². The van der Waals surface area contributed by atoms with Crippen molar-refractivity contribution in [1.29, 1.82) is 0 Å². The summed E-state index contributed by atoms with van der Waals surface area (Å²) in [5.74, 6) is 0.526. The second-order valence-electron chi connectivity index (χ2n) is 6.87. The van der Waals surface area contributed by atoms with Crippen molar-refractivity contribution in [2.24, 2.45) is 4.99 Å². The zero-order chi connectivity index (χ0) is 19.3. The second-order valence-corrected chi connectivity index (χ2v) is 7.28. The number of rotatable bonds is 2. The monoisotopic (exact) mass is 396 g/mol. The maximum absolute atomic E-state index is 12.6. The van der Waals surface area contributed by atoms with Gasteiger partial charge in [0.25, 0.3) is 0 Å². The summed E-state index contributed by atoms with van der Waals surface area (Å²) >= 11 is 6.26. The third kappa shape index (κ3) is 2.77. The van der Waals surface area contributed by atoms with Crippen LogP contribution in [0.3, 0.4) is 0 Å². The molecule has 3 N–H and O–H groups in total. The summed E-state index contributed by atoms with van der Waals surface area (Å²) in [6.07, 6.45) is 3.57. The van der Waals surface area contributed by atoms with E-state index in [0.29, 0.717) is 40.3 Å². The van der Waals surface area contributed by atoms with Crippen LogP contribution in [-0.2, 0) is 4.79 Å². The number of aryl methyl sites for hydroxylation is 1. The maximum Gasteiger partial charge on any atom is 0.302 e. The molecular weight excluding hydrogens is 380 g/mol. The number of ketones is 1. The first-order valence-electron chi connectivity index (χ1n) is 9.03. The molecule has 0 saturated carbocycles. The molecule has 5 rings (SSSR count). The zero-order valence-corrected chi connectivity index (χ0v) is 15.8. The number of H-pyrrole nitrogens is 1. The lowest BCUT2D eigenvalue weighted by Crippen LogP contribution is -2.38. The van der Waals surface area contributed by atoms with E-state index in [4.69, 9.17) is 16.0 Å². The number of nitrogens with zero attached hydrogens (tertiary/aromatic N) is 3. The van der Waals surface area contributed by atoms with E-state index in [1.807, 2.05) is 25.1 Å². The molecule has 9 heteroatoms. The topological polar surface area (TPSA) is 108 Å². The van der Waals surface area contributed by atoms with Crippen LogP contribution >= 0.6 is 11.6 Å². The number of benzene rings is 1. The van der Waals surface area contributed by atoms with Gasteiger partial charge in [0.1, 0.15) is 11.6 Å². The van der Waals surface area contributed by atoms with E-state index in [1.54, 1.807) is 0 Å². The van der Waals surface area contributed by atoms with E-state index in [2.05, 4.69) is 30.8 Å². The van der Waals surface area contributed by atoms with Gasteiger partial charge in [-0.25, -0.2) is 4.99 Å². The molecule has 3 aromatic rings. The molecule has 1 unspecified atom stereocenters. The van der Waals surface area contributed by atoms with Crippen molar-refractivity contribution in [3.8, 4) is 0 Å². The SMILES string of the molecule is Cc1cccc2oc(NC3=NC(c4[nH]ncc4Cl)C4=C(CCCC4=O)N3)nc12. The standard InChI is InChI=1S/C19H17ClN6O2/c1-9-4-2-7-13-15(9)24-19(28-13)25-18-22-11-5-3-6-12(27)14(11)17(23-18)16-10(20)8-21-26-16/h2,4,7-8,17H,3,5-6H2,1H3,(H,21,26)(H2,22,23,24,25). The summed E-state index contributed by atoms with van der Waals surface area (Å²) in [5, 5.41) is 13.6. The molecule has 2 aromatic heterocycles. The average Bonchev–Trinajstić information content (AvgIpc) is 3.28. The number of nitrogens with one attached hydrogen (secondary N) is 3. The van der Waals surface area contributed by atoms with Crippen LogP contribution in [0.5, 0.6) is 0 Å². The van der Waals surface area contributed by atoms with Crippen LogP contribution in [0.4, 0.5) is 6.01 Å². The van der Waals surface area contributed by atoms with Crippen LogP contribution in [-0.4, -0.2) is 26.9 Å². The highest BCUT2D eigenvalue weighted by Gasteiger charge is 2.34. The lowest BCUT2D eigenvalue weighted by atomic mass is 9.88. The number of carbonyl (C=O) groups excluding carboxylic acids is 1. The Morgan fingerprint density at radius 2 is 2.21 bits per heavy atom. The summed E-state index contributed by atoms with van der Waals surface area (Å²) in [4.78, 5) is 21.7. The van der Waals surface area contributed by atoms with Crippen LogP contribution < -0.4 is 10.6 Å². The molecule has 0 spiro atoms. The van der Waals surface area contributed by atoms with Gasteiger partial charge in [0.05, 0.1) is 16.9 Å². The third-order valence-corrected chi connectivity index (χ3v) is 5.30. The summed E-state index contributed by atoms with van der Waals surface area (Å²) in [6.45, 7) is 1.98. The average molecular weight is 397 g/mol. The van der Waals surface area contributed by atoms with Crippen molar-refractivity contribution >= 4 is 40.5 Å². The Kier molecular flexibility index (Phi) is 3.94. The first kappa shape index (κ1) is 17.0. The Balaban J connectivity index is 1.53. The number of aromatic amines is 1.